The Morgan fingerprint density at radius 2 is 1.46 bits per heavy atom. The van der Waals surface area contributed by atoms with Crippen LogP contribution in [0.1, 0.15) is 6.42 Å². The lowest BCUT2D eigenvalue weighted by Gasteiger charge is -2.16. The minimum absolute atomic E-state index is 0.0297. The van der Waals surface area contributed by atoms with Gasteiger partial charge < -0.3 is 15.0 Å². The van der Waals surface area contributed by atoms with Crippen LogP contribution in [0.15, 0.2) is 84.9 Å². The maximum atomic E-state index is 12.6. The van der Waals surface area contributed by atoms with Crippen molar-refractivity contribution < 1.29 is 14.3 Å². The SMILES string of the molecule is O=C(Nc1ccc(Oc2ccccc2)cc1)[C@H]1CC(=O)N(c2ccccc2)C1. The molecule has 140 valence electrons. The van der Waals surface area contributed by atoms with Gasteiger partial charge in [0.05, 0.1) is 5.92 Å². The van der Waals surface area contributed by atoms with Crippen molar-refractivity contribution in [3.05, 3.63) is 84.9 Å². The molecule has 28 heavy (non-hydrogen) atoms. The van der Waals surface area contributed by atoms with Crippen LogP contribution in [0.3, 0.4) is 0 Å². The van der Waals surface area contributed by atoms with Crippen molar-refractivity contribution in [1.82, 2.24) is 0 Å². The molecule has 2 amide bonds. The summed E-state index contributed by atoms with van der Waals surface area (Å²) in [6, 6.07) is 26.1. The second kappa shape index (κ2) is 7.96. The lowest BCUT2D eigenvalue weighted by molar-refractivity contribution is -0.122. The van der Waals surface area contributed by atoms with Gasteiger partial charge in [0.1, 0.15) is 11.5 Å². The minimum atomic E-state index is -0.368. The van der Waals surface area contributed by atoms with Gasteiger partial charge in [-0.1, -0.05) is 36.4 Å². The van der Waals surface area contributed by atoms with Gasteiger partial charge in [-0.2, -0.15) is 0 Å². The molecule has 5 nitrogen and oxygen atoms in total. The molecule has 1 N–H and O–H groups in total. The molecular weight excluding hydrogens is 352 g/mol. The molecule has 1 aliphatic rings. The molecule has 0 aromatic heterocycles. The molecule has 5 heteroatoms. The summed E-state index contributed by atoms with van der Waals surface area (Å²) in [5.74, 6) is 0.898. The number of hydrogen-bond acceptors (Lipinski definition) is 3. The molecule has 3 aromatic rings. The predicted molar refractivity (Wildman–Crippen MR) is 108 cm³/mol. The number of carbonyl (C=O) groups is 2. The molecule has 1 atom stereocenters. The maximum absolute atomic E-state index is 12.6. The first kappa shape index (κ1) is 17.8. The van der Waals surface area contributed by atoms with Crippen LogP contribution in [-0.2, 0) is 9.59 Å². The highest BCUT2D eigenvalue weighted by Crippen LogP contribution is 2.27. The molecule has 3 aromatic carbocycles. The first-order valence-corrected chi connectivity index (χ1v) is 9.18. The zero-order chi connectivity index (χ0) is 19.3. The Hall–Kier alpha value is -3.60. The largest absolute Gasteiger partial charge is 0.457 e. The number of benzene rings is 3. The van der Waals surface area contributed by atoms with E-state index in [-0.39, 0.29) is 24.2 Å². The zero-order valence-electron chi connectivity index (χ0n) is 15.2. The number of anilines is 2. The Bertz CT molecular complexity index is 956. The van der Waals surface area contributed by atoms with Crippen LogP contribution < -0.4 is 15.0 Å². The highest BCUT2D eigenvalue weighted by Gasteiger charge is 2.35. The lowest BCUT2D eigenvalue weighted by Crippen LogP contribution is -2.28. The lowest BCUT2D eigenvalue weighted by atomic mass is 10.1. The van der Waals surface area contributed by atoms with Gasteiger partial charge in [-0.25, -0.2) is 0 Å². The second-order valence-electron chi connectivity index (χ2n) is 6.67. The van der Waals surface area contributed by atoms with Crippen molar-refractivity contribution in [2.45, 2.75) is 6.42 Å². The summed E-state index contributed by atoms with van der Waals surface area (Å²) in [5.41, 5.74) is 1.50. The topological polar surface area (TPSA) is 58.6 Å². The fraction of sp³-hybridized carbons (Fsp3) is 0.130. The third kappa shape index (κ3) is 4.04. The first-order chi connectivity index (χ1) is 13.7. The third-order valence-electron chi connectivity index (χ3n) is 4.66. The van der Waals surface area contributed by atoms with Gasteiger partial charge in [-0.3, -0.25) is 9.59 Å². The fourth-order valence-electron chi connectivity index (χ4n) is 3.22. The van der Waals surface area contributed by atoms with E-state index >= 15 is 0 Å². The quantitative estimate of drug-likeness (QED) is 0.719. The Morgan fingerprint density at radius 1 is 0.857 bits per heavy atom. The van der Waals surface area contributed by atoms with E-state index in [1.807, 2.05) is 60.7 Å². The summed E-state index contributed by atoms with van der Waals surface area (Å²) in [6.07, 6.45) is 0.218. The Balaban J connectivity index is 1.37. The molecule has 0 unspecified atom stereocenters. The first-order valence-electron chi connectivity index (χ1n) is 9.18. The van der Waals surface area contributed by atoms with E-state index in [9.17, 15) is 9.59 Å². The summed E-state index contributed by atoms with van der Waals surface area (Å²) in [5, 5.41) is 2.89. The van der Waals surface area contributed by atoms with Crippen molar-refractivity contribution in [2.75, 3.05) is 16.8 Å². The average molecular weight is 372 g/mol. The third-order valence-corrected chi connectivity index (χ3v) is 4.66. The Morgan fingerprint density at radius 3 is 2.14 bits per heavy atom. The number of hydrogen-bond donors (Lipinski definition) is 1. The van der Waals surface area contributed by atoms with E-state index in [1.54, 1.807) is 29.2 Å². The number of nitrogens with zero attached hydrogens (tertiary/aromatic N) is 1. The van der Waals surface area contributed by atoms with Gasteiger partial charge in [0.2, 0.25) is 11.8 Å². The molecule has 0 saturated carbocycles. The average Bonchev–Trinajstić information content (AvgIpc) is 3.13. The molecule has 1 aliphatic heterocycles. The maximum Gasteiger partial charge on any atom is 0.229 e. The van der Waals surface area contributed by atoms with E-state index in [0.29, 0.717) is 18.0 Å². The number of amides is 2. The van der Waals surface area contributed by atoms with Crippen LogP contribution in [0, 0.1) is 5.92 Å². The Labute approximate surface area is 163 Å². The summed E-state index contributed by atoms with van der Waals surface area (Å²) in [4.78, 5) is 26.5. The number of para-hydroxylation sites is 2. The normalized spacial score (nSPS) is 16.1. The van der Waals surface area contributed by atoms with Gasteiger partial charge in [0.25, 0.3) is 0 Å². The summed E-state index contributed by atoms with van der Waals surface area (Å²) < 4.78 is 5.75. The van der Waals surface area contributed by atoms with E-state index in [4.69, 9.17) is 4.74 Å². The van der Waals surface area contributed by atoms with Crippen molar-refractivity contribution in [3.8, 4) is 11.5 Å². The molecule has 0 spiro atoms. The van der Waals surface area contributed by atoms with Gasteiger partial charge in [0, 0.05) is 24.3 Å². The Kier molecular flexibility index (Phi) is 5.06. The standard InChI is InChI=1S/C23H20N2O3/c26-22-15-17(16-25(22)19-7-3-1-4-8-19)23(27)24-18-11-13-21(14-12-18)28-20-9-5-2-6-10-20/h1-14,17H,15-16H2,(H,24,27)/t17-/m0/s1. The molecule has 4 rings (SSSR count). The number of ether oxygens (including phenoxy) is 1. The number of carbonyl (C=O) groups excluding carboxylic acids is 2. The van der Waals surface area contributed by atoms with Crippen LogP contribution >= 0.6 is 0 Å². The van der Waals surface area contributed by atoms with E-state index < -0.39 is 0 Å². The zero-order valence-corrected chi connectivity index (χ0v) is 15.2. The van der Waals surface area contributed by atoms with Gasteiger partial charge >= 0.3 is 0 Å². The molecule has 1 heterocycles. The van der Waals surface area contributed by atoms with Crippen molar-refractivity contribution in [2.24, 2.45) is 5.92 Å². The van der Waals surface area contributed by atoms with Crippen molar-refractivity contribution in [3.63, 3.8) is 0 Å². The minimum Gasteiger partial charge on any atom is -0.457 e. The molecule has 0 bridgehead atoms. The smallest absolute Gasteiger partial charge is 0.229 e. The molecule has 1 fully saturated rings. The highest BCUT2D eigenvalue weighted by atomic mass is 16.5. The summed E-state index contributed by atoms with van der Waals surface area (Å²) in [7, 11) is 0. The van der Waals surface area contributed by atoms with Crippen LogP contribution in [0.4, 0.5) is 11.4 Å². The second-order valence-corrected chi connectivity index (χ2v) is 6.67. The monoisotopic (exact) mass is 372 g/mol. The van der Waals surface area contributed by atoms with Gasteiger partial charge in [-0.05, 0) is 48.5 Å². The summed E-state index contributed by atoms with van der Waals surface area (Å²) >= 11 is 0. The molecule has 1 saturated heterocycles. The number of nitrogens with one attached hydrogen (secondary N) is 1. The van der Waals surface area contributed by atoms with E-state index in [2.05, 4.69) is 5.32 Å². The van der Waals surface area contributed by atoms with Gasteiger partial charge in [0.15, 0.2) is 0 Å². The van der Waals surface area contributed by atoms with Crippen LogP contribution in [0.5, 0.6) is 11.5 Å². The fourth-order valence-corrected chi connectivity index (χ4v) is 3.22. The van der Waals surface area contributed by atoms with E-state index in [0.717, 1.165) is 11.4 Å². The van der Waals surface area contributed by atoms with Crippen LogP contribution in [-0.4, -0.2) is 18.4 Å². The summed E-state index contributed by atoms with van der Waals surface area (Å²) in [6.45, 7) is 0.393. The van der Waals surface area contributed by atoms with Crippen molar-refractivity contribution in [1.29, 1.82) is 0 Å². The predicted octanol–water partition coefficient (Wildman–Crippen LogP) is 4.47. The van der Waals surface area contributed by atoms with Gasteiger partial charge in [-0.15, -0.1) is 0 Å². The van der Waals surface area contributed by atoms with Crippen LogP contribution in [0.2, 0.25) is 0 Å². The number of rotatable bonds is 5. The van der Waals surface area contributed by atoms with Crippen LogP contribution in [0.25, 0.3) is 0 Å². The highest BCUT2D eigenvalue weighted by molar-refractivity contribution is 6.03. The van der Waals surface area contributed by atoms with Crippen molar-refractivity contribution >= 4 is 23.2 Å². The molecular formula is C23H20N2O3. The molecule has 0 aliphatic carbocycles. The van der Waals surface area contributed by atoms with E-state index in [1.165, 1.54) is 0 Å². The molecule has 0 radical (unpaired) electrons.